The van der Waals surface area contributed by atoms with Crippen molar-refractivity contribution in [2.24, 2.45) is 0 Å². The first-order valence-electron chi connectivity index (χ1n) is 8.83. The molecular weight excluding hydrogens is 436 g/mol. The number of methoxy groups -OCH3 is 2. The first-order valence-corrected chi connectivity index (χ1v) is 10.5. The summed E-state index contributed by atoms with van der Waals surface area (Å²) in [6, 6.07) is 23.3. The van der Waals surface area contributed by atoms with Gasteiger partial charge in [-0.25, -0.2) is 0 Å². The number of ketones is 1. The lowest BCUT2D eigenvalue weighted by molar-refractivity contribution is 0.0982. The zero-order chi connectivity index (χ0) is 19.9. The minimum atomic E-state index is -0.0432. The van der Waals surface area contributed by atoms with Crippen LogP contribution >= 0.6 is 27.7 Å². The fourth-order valence-corrected chi connectivity index (χ4v) is 4.40. The van der Waals surface area contributed by atoms with Crippen LogP contribution in [0.4, 0.5) is 0 Å². The van der Waals surface area contributed by atoms with Crippen molar-refractivity contribution >= 4 is 33.5 Å². The Morgan fingerprint density at radius 1 is 0.964 bits per heavy atom. The second-order valence-corrected chi connectivity index (χ2v) is 8.33. The number of Topliss-reactive ketones (excluding diaryl/α,β-unsaturated/α-hetero) is 1. The summed E-state index contributed by atoms with van der Waals surface area (Å²) < 4.78 is 11.8. The maximum absolute atomic E-state index is 12.9. The summed E-state index contributed by atoms with van der Waals surface area (Å²) in [5.74, 6) is 1.63. The van der Waals surface area contributed by atoms with Gasteiger partial charge in [-0.15, -0.1) is 11.8 Å². The average molecular weight is 457 g/mol. The Balaban J connectivity index is 1.90. The Kier molecular flexibility index (Phi) is 7.18. The number of carbonyl (C=O) groups is 1. The molecule has 144 valence electrons. The summed E-state index contributed by atoms with van der Waals surface area (Å²) >= 11 is 5.03. The molecule has 0 aromatic heterocycles. The molecule has 0 saturated heterocycles. The molecular formula is C23H21BrO3S. The highest BCUT2D eigenvalue weighted by Gasteiger charge is 2.20. The lowest BCUT2D eigenvalue weighted by Crippen LogP contribution is -2.06. The summed E-state index contributed by atoms with van der Waals surface area (Å²) in [6.07, 6.45) is 0.386. The largest absolute Gasteiger partial charge is 0.497 e. The SMILES string of the molecule is COc1ccc(OC)c(S[C@@H](CC(=O)c2ccc(Br)cc2)c2ccccc2)c1. The second-order valence-electron chi connectivity index (χ2n) is 6.17. The van der Waals surface area contributed by atoms with E-state index in [1.807, 2.05) is 60.7 Å². The van der Waals surface area contributed by atoms with Gasteiger partial charge in [-0.05, 0) is 35.9 Å². The van der Waals surface area contributed by atoms with Crippen molar-refractivity contribution in [1.82, 2.24) is 0 Å². The van der Waals surface area contributed by atoms with E-state index in [2.05, 4.69) is 28.1 Å². The molecule has 3 nitrogen and oxygen atoms in total. The van der Waals surface area contributed by atoms with Crippen molar-refractivity contribution in [3.63, 3.8) is 0 Å². The van der Waals surface area contributed by atoms with Crippen LogP contribution in [-0.2, 0) is 0 Å². The van der Waals surface area contributed by atoms with E-state index in [4.69, 9.17) is 9.47 Å². The Morgan fingerprint density at radius 2 is 1.68 bits per heavy atom. The van der Waals surface area contributed by atoms with Gasteiger partial charge in [0.2, 0.25) is 0 Å². The first kappa shape index (κ1) is 20.5. The third-order valence-electron chi connectivity index (χ3n) is 4.35. The molecule has 0 spiro atoms. The molecule has 3 aromatic rings. The van der Waals surface area contributed by atoms with Crippen LogP contribution < -0.4 is 9.47 Å². The molecule has 3 rings (SSSR count). The van der Waals surface area contributed by atoms with Gasteiger partial charge in [-0.3, -0.25) is 4.79 Å². The van der Waals surface area contributed by atoms with E-state index in [0.29, 0.717) is 12.0 Å². The van der Waals surface area contributed by atoms with Gasteiger partial charge >= 0.3 is 0 Å². The van der Waals surface area contributed by atoms with E-state index >= 15 is 0 Å². The molecule has 5 heteroatoms. The van der Waals surface area contributed by atoms with E-state index in [1.165, 1.54) is 0 Å². The minimum Gasteiger partial charge on any atom is -0.497 e. The third kappa shape index (κ3) is 5.18. The van der Waals surface area contributed by atoms with Crippen LogP contribution in [0.1, 0.15) is 27.6 Å². The molecule has 0 bridgehead atoms. The summed E-state index contributed by atoms with van der Waals surface area (Å²) in [4.78, 5) is 13.9. The van der Waals surface area contributed by atoms with E-state index in [9.17, 15) is 4.79 Å². The Hall–Kier alpha value is -2.24. The van der Waals surface area contributed by atoms with Crippen LogP contribution in [-0.4, -0.2) is 20.0 Å². The molecule has 0 amide bonds. The molecule has 0 aliphatic heterocycles. The lowest BCUT2D eigenvalue weighted by atomic mass is 10.0. The number of hydrogen-bond donors (Lipinski definition) is 0. The maximum atomic E-state index is 12.9. The summed E-state index contributed by atoms with van der Waals surface area (Å²) in [6.45, 7) is 0. The zero-order valence-electron chi connectivity index (χ0n) is 15.7. The van der Waals surface area contributed by atoms with Gasteiger partial charge in [0.25, 0.3) is 0 Å². The molecule has 28 heavy (non-hydrogen) atoms. The van der Waals surface area contributed by atoms with Crippen molar-refractivity contribution in [1.29, 1.82) is 0 Å². The highest BCUT2D eigenvalue weighted by molar-refractivity contribution is 9.10. The van der Waals surface area contributed by atoms with Gasteiger partial charge in [0.15, 0.2) is 5.78 Å². The van der Waals surface area contributed by atoms with E-state index in [1.54, 1.807) is 26.0 Å². The quantitative estimate of drug-likeness (QED) is 0.283. The smallest absolute Gasteiger partial charge is 0.164 e. The zero-order valence-corrected chi connectivity index (χ0v) is 18.1. The molecule has 0 N–H and O–H groups in total. The number of halogens is 1. The van der Waals surface area contributed by atoms with Crippen LogP contribution in [0.15, 0.2) is 82.2 Å². The van der Waals surface area contributed by atoms with Gasteiger partial charge in [0, 0.05) is 21.7 Å². The number of thioether (sulfide) groups is 1. The van der Waals surface area contributed by atoms with Crippen LogP contribution in [0.3, 0.4) is 0 Å². The highest BCUT2D eigenvalue weighted by Crippen LogP contribution is 2.43. The molecule has 0 fully saturated rings. The van der Waals surface area contributed by atoms with Crippen molar-refractivity contribution in [3.8, 4) is 11.5 Å². The van der Waals surface area contributed by atoms with Gasteiger partial charge in [0.1, 0.15) is 11.5 Å². The number of rotatable bonds is 8. The summed E-state index contributed by atoms with van der Waals surface area (Å²) in [5, 5.41) is -0.0432. The standard InChI is InChI=1S/C23H21BrO3S/c1-26-19-12-13-21(27-2)23(14-19)28-22(17-6-4-3-5-7-17)15-20(25)16-8-10-18(24)11-9-16/h3-14,22H,15H2,1-2H3/t22-/m0/s1. The van der Waals surface area contributed by atoms with Crippen LogP contribution in [0.25, 0.3) is 0 Å². The third-order valence-corrected chi connectivity index (χ3v) is 6.17. The first-order chi connectivity index (χ1) is 13.6. The van der Waals surface area contributed by atoms with Crippen molar-refractivity contribution in [3.05, 3.63) is 88.4 Å². The predicted molar refractivity (Wildman–Crippen MR) is 118 cm³/mol. The van der Waals surface area contributed by atoms with Crippen molar-refractivity contribution < 1.29 is 14.3 Å². The van der Waals surface area contributed by atoms with E-state index in [-0.39, 0.29) is 11.0 Å². The van der Waals surface area contributed by atoms with Crippen molar-refractivity contribution in [2.75, 3.05) is 14.2 Å². The molecule has 0 aliphatic rings. The van der Waals surface area contributed by atoms with Gasteiger partial charge in [-0.2, -0.15) is 0 Å². The number of hydrogen-bond acceptors (Lipinski definition) is 4. The van der Waals surface area contributed by atoms with Crippen LogP contribution in [0.2, 0.25) is 0 Å². The van der Waals surface area contributed by atoms with Crippen LogP contribution in [0, 0.1) is 0 Å². The van der Waals surface area contributed by atoms with Gasteiger partial charge in [0.05, 0.1) is 19.1 Å². The monoisotopic (exact) mass is 456 g/mol. The molecule has 3 aromatic carbocycles. The molecule has 0 unspecified atom stereocenters. The summed E-state index contributed by atoms with van der Waals surface area (Å²) in [5.41, 5.74) is 1.81. The van der Waals surface area contributed by atoms with Gasteiger partial charge in [-0.1, -0.05) is 58.4 Å². The Labute approximate surface area is 178 Å². The Morgan fingerprint density at radius 3 is 2.32 bits per heavy atom. The predicted octanol–water partition coefficient (Wildman–Crippen LogP) is 6.57. The number of benzene rings is 3. The highest BCUT2D eigenvalue weighted by atomic mass is 79.9. The van der Waals surface area contributed by atoms with E-state index < -0.39 is 0 Å². The number of ether oxygens (including phenoxy) is 2. The molecule has 0 radical (unpaired) electrons. The lowest BCUT2D eigenvalue weighted by Gasteiger charge is -2.19. The molecule has 0 heterocycles. The minimum absolute atomic E-state index is 0.0432. The second kappa shape index (κ2) is 9.80. The number of carbonyl (C=O) groups excluding carboxylic acids is 1. The maximum Gasteiger partial charge on any atom is 0.164 e. The average Bonchev–Trinajstić information content (AvgIpc) is 2.74. The van der Waals surface area contributed by atoms with Gasteiger partial charge < -0.3 is 9.47 Å². The topological polar surface area (TPSA) is 35.5 Å². The fraction of sp³-hybridized carbons (Fsp3) is 0.174. The van der Waals surface area contributed by atoms with Crippen LogP contribution in [0.5, 0.6) is 11.5 Å². The van der Waals surface area contributed by atoms with Crippen molar-refractivity contribution in [2.45, 2.75) is 16.6 Å². The Bertz CT molecular complexity index is 926. The summed E-state index contributed by atoms with van der Waals surface area (Å²) in [7, 11) is 3.29. The molecule has 1 atom stereocenters. The fourth-order valence-electron chi connectivity index (χ4n) is 2.85. The van der Waals surface area contributed by atoms with E-state index in [0.717, 1.165) is 26.4 Å². The molecule has 0 saturated carbocycles. The normalized spacial score (nSPS) is 11.7. The molecule has 0 aliphatic carbocycles.